The van der Waals surface area contributed by atoms with Crippen molar-refractivity contribution in [2.24, 2.45) is 0 Å². The highest BCUT2D eigenvalue weighted by atomic mass is 16.6. The maximum Gasteiger partial charge on any atom is 0.133 e. The molecule has 64 valence electrons. The van der Waals surface area contributed by atoms with Crippen molar-refractivity contribution in [2.45, 2.75) is 13.3 Å². The van der Waals surface area contributed by atoms with Crippen LogP contribution >= 0.6 is 0 Å². The first kappa shape index (κ1) is 9.10. The minimum Gasteiger partial charge on any atom is -0.860 e. The van der Waals surface area contributed by atoms with E-state index in [0.717, 1.165) is 12.0 Å². The molecular formula is C8H9BO3-2. The van der Waals surface area contributed by atoms with E-state index in [0.29, 0.717) is 5.75 Å². The maximum atomic E-state index is 10.1. The number of hydrogen-bond donors (Lipinski definition) is 0. The van der Waals surface area contributed by atoms with Gasteiger partial charge < -0.3 is 14.7 Å². The monoisotopic (exact) mass is 164 g/mol. The quantitative estimate of drug-likeness (QED) is 0.556. The molecule has 0 heterocycles. The van der Waals surface area contributed by atoms with Gasteiger partial charge in [-0.2, -0.15) is 0 Å². The van der Waals surface area contributed by atoms with Gasteiger partial charge in [0.15, 0.2) is 0 Å². The second-order valence-electron chi connectivity index (χ2n) is 2.40. The Morgan fingerprint density at radius 2 is 1.83 bits per heavy atom. The van der Waals surface area contributed by atoms with Crippen LogP contribution in [0.1, 0.15) is 12.5 Å². The zero-order chi connectivity index (χ0) is 8.97. The molecule has 0 unspecified atom stereocenters. The number of rotatable bonds is 3. The average Bonchev–Trinajstić information content (AvgIpc) is 2.05. The molecule has 0 aliphatic rings. The topological polar surface area (TPSA) is 55.3 Å². The molecule has 0 amide bonds. The fourth-order valence-corrected chi connectivity index (χ4v) is 0.915. The summed E-state index contributed by atoms with van der Waals surface area (Å²) in [7, 11) is -2.24. The van der Waals surface area contributed by atoms with Crippen molar-refractivity contribution in [1.82, 2.24) is 0 Å². The molecule has 0 aromatic heterocycles. The third-order valence-corrected chi connectivity index (χ3v) is 1.56. The molecule has 0 fully saturated rings. The first-order valence-corrected chi connectivity index (χ1v) is 3.79. The Labute approximate surface area is 71.8 Å². The highest BCUT2D eigenvalue weighted by Gasteiger charge is 1.90. The van der Waals surface area contributed by atoms with E-state index in [1.807, 2.05) is 19.1 Å². The summed E-state index contributed by atoms with van der Waals surface area (Å²) >= 11 is 0. The largest absolute Gasteiger partial charge is 0.860 e. The van der Waals surface area contributed by atoms with Crippen LogP contribution in [0.2, 0.25) is 0 Å². The predicted octanol–water partition coefficient (Wildman–Crippen LogP) is -0.667. The second-order valence-corrected chi connectivity index (χ2v) is 2.40. The van der Waals surface area contributed by atoms with Crippen LogP contribution in [0.5, 0.6) is 5.75 Å². The van der Waals surface area contributed by atoms with Gasteiger partial charge in [-0.25, -0.2) is 0 Å². The zero-order valence-corrected chi connectivity index (χ0v) is 6.82. The lowest BCUT2D eigenvalue weighted by Crippen LogP contribution is -2.50. The van der Waals surface area contributed by atoms with Gasteiger partial charge in [0.05, 0.1) is 5.75 Å². The third kappa shape index (κ3) is 2.56. The SMILES string of the molecule is CCc1ccc(OB([O-])[O-])cc1. The Bertz CT molecular complexity index is 233. The van der Waals surface area contributed by atoms with E-state index in [4.69, 9.17) is 0 Å². The van der Waals surface area contributed by atoms with Crippen molar-refractivity contribution >= 4 is 7.32 Å². The van der Waals surface area contributed by atoms with Crippen LogP contribution in [0, 0.1) is 0 Å². The van der Waals surface area contributed by atoms with Gasteiger partial charge in [-0.3, -0.25) is 0 Å². The van der Waals surface area contributed by atoms with E-state index in [1.165, 1.54) is 0 Å². The van der Waals surface area contributed by atoms with Gasteiger partial charge in [0.25, 0.3) is 0 Å². The summed E-state index contributed by atoms with van der Waals surface area (Å²) in [6, 6.07) is 6.92. The van der Waals surface area contributed by atoms with Gasteiger partial charge in [-0.05, 0) is 24.1 Å². The molecule has 0 saturated carbocycles. The zero-order valence-electron chi connectivity index (χ0n) is 6.82. The lowest BCUT2D eigenvalue weighted by atomic mass is 10.1. The Hall–Kier alpha value is -0.995. The van der Waals surface area contributed by atoms with Crippen LogP contribution in [-0.2, 0) is 6.42 Å². The molecule has 3 nitrogen and oxygen atoms in total. The van der Waals surface area contributed by atoms with Crippen LogP contribution in [0.4, 0.5) is 0 Å². The molecule has 1 rings (SSSR count). The molecule has 0 atom stereocenters. The normalized spacial score (nSPS) is 9.58. The molecule has 0 radical (unpaired) electrons. The van der Waals surface area contributed by atoms with Gasteiger partial charge >= 0.3 is 0 Å². The Morgan fingerprint density at radius 1 is 1.25 bits per heavy atom. The predicted molar refractivity (Wildman–Crippen MR) is 42.2 cm³/mol. The van der Waals surface area contributed by atoms with Crippen LogP contribution in [0.3, 0.4) is 0 Å². The van der Waals surface area contributed by atoms with Crippen molar-refractivity contribution in [2.75, 3.05) is 0 Å². The third-order valence-electron chi connectivity index (χ3n) is 1.56. The summed E-state index contributed by atoms with van der Waals surface area (Å²) in [5, 5.41) is 20.1. The summed E-state index contributed by atoms with van der Waals surface area (Å²) in [5.74, 6) is 0.335. The Balaban J connectivity index is 2.65. The minimum absolute atomic E-state index is 0.335. The van der Waals surface area contributed by atoms with Crippen LogP contribution < -0.4 is 14.7 Å². The van der Waals surface area contributed by atoms with Gasteiger partial charge in [-0.15, -0.1) is 0 Å². The van der Waals surface area contributed by atoms with Gasteiger partial charge in [-0.1, -0.05) is 19.1 Å². The summed E-state index contributed by atoms with van der Waals surface area (Å²) in [4.78, 5) is 0. The summed E-state index contributed by atoms with van der Waals surface area (Å²) in [6.07, 6.45) is 0.929. The Morgan fingerprint density at radius 3 is 2.25 bits per heavy atom. The van der Waals surface area contributed by atoms with E-state index < -0.39 is 7.32 Å². The van der Waals surface area contributed by atoms with E-state index in [-0.39, 0.29) is 0 Å². The van der Waals surface area contributed by atoms with Crippen molar-refractivity contribution in [3.8, 4) is 5.75 Å². The second kappa shape index (κ2) is 4.14. The molecule has 12 heavy (non-hydrogen) atoms. The van der Waals surface area contributed by atoms with E-state index in [2.05, 4.69) is 4.65 Å². The highest BCUT2D eigenvalue weighted by Crippen LogP contribution is 2.11. The molecular weight excluding hydrogens is 155 g/mol. The minimum atomic E-state index is -2.24. The molecule has 1 aromatic carbocycles. The molecule has 1 aromatic rings. The standard InChI is InChI=1S/C8H9BO3/c1-2-7-3-5-8(6-4-7)12-9(10)11/h3-6H,2H2,1H3/q-2. The van der Waals surface area contributed by atoms with Crippen LogP contribution in [0.15, 0.2) is 24.3 Å². The fourth-order valence-electron chi connectivity index (χ4n) is 0.915. The van der Waals surface area contributed by atoms with Gasteiger partial charge in [0.1, 0.15) is 7.32 Å². The molecule has 0 saturated heterocycles. The van der Waals surface area contributed by atoms with Crippen LogP contribution in [0.25, 0.3) is 0 Å². The number of benzene rings is 1. The fraction of sp³-hybridized carbons (Fsp3) is 0.250. The summed E-state index contributed by atoms with van der Waals surface area (Å²) in [6.45, 7) is 2.03. The highest BCUT2D eigenvalue weighted by molar-refractivity contribution is 6.29. The molecule has 0 aliphatic carbocycles. The number of hydrogen-bond acceptors (Lipinski definition) is 3. The van der Waals surface area contributed by atoms with Crippen molar-refractivity contribution < 1.29 is 14.7 Å². The van der Waals surface area contributed by atoms with Crippen molar-refractivity contribution in [1.29, 1.82) is 0 Å². The molecule has 0 spiro atoms. The van der Waals surface area contributed by atoms with Gasteiger partial charge in [0, 0.05) is 0 Å². The molecule has 0 aliphatic heterocycles. The van der Waals surface area contributed by atoms with Crippen molar-refractivity contribution in [3.05, 3.63) is 29.8 Å². The van der Waals surface area contributed by atoms with Crippen molar-refractivity contribution in [3.63, 3.8) is 0 Å². The molecule has 0 N–H and O–H groups in total. The molecule has 0 bridgehead atoms. The van der Waals surface area contributed by atoms with E-state index in [1.54, 1.807) is 12.1 Å². The van der Waals surface area contributed by atoms with Gasteiger partial charge in [0.2, 0.25) is 0 Å². The lowest BCUT2D eigenvalue weighted by molar-refractivity contribution is -0.372. The lowest BCUT2D eigenvalue weighted by Gasteiger charge is -2.26. The molecule has 4 heteroatoms. The average molecular weight is 164 g/mol. The van der Waals surface area contributed by atoms with E-state index in [9.17, 15) is 10.0 Å². The summed E-state index contributed by atoms with van der Waals surface area (Å²) in [5.41, 5.74) is 1.15. The first-order chi connectivity index (χ1) is 5.72. The maximum absolute atomic E-state index is 10.1. The van der Waals surface area contributed by atoms with Crippen LogP contribution in [-0.4, -0.2) is 7.32 Å². The first-order valence-electron chi connectivity index (χ1n) is 3.79. The smallest absolute Gasteiger partial charge is 0.133 e. The number of aryl methyl sites for hydroxylation is 1. The Kier molecular flexibility index (Phi) is 3.14. The van der Waals surface area contributed by atoms with E-state index >= 15 is 0 Å². The summed E-state index contributed by atoms with van der Waals surface area (Å²) < 4.78 is 4.40.